The molecule has 0 saturated heterocycles. The zero-order valence-corrected chi connectivity index (χ0v) is 11.0. The Morgan fingerprint density at radius 2 is 2.05 bits per heavy atom. The lowest BCUT2D eigenvalue weighted by atomic mass is 10.2. The molecule has 0 fully saturated rings. The number of hydrogen-bond donors (Lipinski definition) is 2. The van der Waals surface area contributed by atoms with Crippen LogP contribution in [0.4, 0.5) is 0 Å². The fraction of sp³-hybridized carbons (Fsp3) is 0.214. The lowest BCUT2D eigenvalue weighted by Crippen LogP contribution is -2.13. The quantitative estimate of drug-likeness (QED) is 0.650. The molecule has 0 aliphatic heterocycles. The monoisotopic (exact) mass is 256 g/mol. The Balaban J connectivity index is 2.30. The molecule has 0 bridgehead atoms. The van der Waals surface area contributed by atoms with Crippen molar-refractivity contribution in [2.75, 3.05) is 0 Å². The molecule has 0 aliphatic carbocycles. The van der Waals surface area contributed by atoms with Crippen LogP contribution in [0.15, 0.2) is 30.3 Å². The minimum Gasteiger partial charge on any atom is -0.437 e. The smallest absolute Gasteiger partial charge is 0.219 e. The molecule has 19 heavy (non-hydrogen) atoms. The second-order valence-corrected chi connectivity index (χ2v) is 4.13. The minimum atomic E-state index is -0.0804. The number of hydrogen-bond acceptors (Lipinski definition) is 4. The van der Waals surface area contributed by atoms with Crippen LogP contribution < -0.4 is 10.5 Å². The summed E-state index contributed by atoms with van der Waals surface area (Å²) < 4.78 is 5.72. The number of amidine groups is 1. The highest BCUT2D eigenvalue weighted by atomic mass is 16.5. The molecule has 0 aromatic carbocycles. The van der Waals surface area contributed by atoms with Gasteiger partial charge < -0.3 is 10.5 Å². The van der Waals surface area contributed by atoms with E-state index < -0.39 is 0 Å². The first kappa shape index (κ1) is 13.0. The van der Waals surface area contributed by atoms with Gasteiger partial charge in [0.15, 0.2) is 5.75 Å². The first-order valence-electron chi connectivity index (χ1n) is 6.06. The number of aryl methyl sites for hydroxylation is 2. The predicted octanol–water partition coefficient (Wildman–Crippen LogP) is 2.42. The van der Waals surface area contributed by atoms with Crippen LogP contribution in [-0.2, 0) is 6.42 Å². The third-order valence-corrected chi connectivity index (χ3v) is 2.62. The molecule has 2 aromatic rings. The van der Waals surface area contributed by atoms with Gasteiger partial charge in [0.05, 0.1) is 5.69 Å². The third-order valence-electron chi connectivity index (χ3n) is 2.62. The largest absolute Gasteiger partial charge is 0.437 e. The fourth-order valence-corrected chi connectivity index (χ4v) is 1.68. The van der Waals surface area contributed by atoms with Crippen molar-refractivity contribution in [3.8, 4) is 11.6 Å². The Bertz CT molecular complexity index is 610. The van der Waals surface area contributed by atoms with Crippen molar-refractivity contribution >= 4 is 5.84 Å². The van der Waals surface area contributed by atoms with Gasteiger partial charge in [-0.3, -0.25) is 10.4 Å². The average molecular weight is 256 g/mol. The van der Waals surface area contributed by atoms with Gasteiger partial charge in [0.1, 0.15) is 11.5 Å². The maximum atomic E-state index is 7.37. The zero-order chi connectivity index (χ0) is 13.8. The van der Waals surface area contributed by atoms with Crippen molar-refractivity contribution < 1.29 is 4.74 Å². The van der Waals surface area contributed by atoms with Gasteiger partial charge in [-0.1, -0.05) is 13.0 Å². The maximum Gasteiger partial charge on any atom is 0.219 e. The summed E-state index contributed by atoms with van der Waals surface area (Å²) in [6, 6.07) is 8.92. The molecule has 98 valence electrons. The number of rotatable bonds is 4. The molecular weight excluding hydrogens is 240 g/mol. The van der Waals surface area contributed by atoms with Gasteiger partial charge in [-0.2, -0.15) is 0 Å². The third kappa shape index (κ3) is 3.07. The van der Waals surface area contributed by atoms with Gasteiger partial charge in [0.25, 0.3) is 0 Å². The van der Waals surface area contributed by atoms with Crippen LogP contribution in [0.3, 0.4) is 0 Å². The number of aromatic nitrogens is 2. The van der Waals surface area contributed by atoms with E-state index in [9.17, 15) is 0 Å². The highest BCUT2D eigenvalue weighted by Crippen LogP contribution is 2.23. The summed E-state index contributed by atoms with van der Waals surface area (Å²) in [5.74, 6) is 1.01. The average Bonchev–Trinajstić information content (AvgIpc) is 2.41. The molecule has 0 atom stereocenters. The van der Waals surface area contributed by atoms with E-state index in [4.69, 9.17) is 15.9 Å². The van der Waals surface area contributed by atoms with E-state index in [0.717, 1.165) is 17.8 Å². The van der Waals surface area contributed by atoms with Crippen LogP contribution in [0, 0.1) is 12.3 Å². The molecule has 2 rings (SSSR count). The highest BCUT2D eigenvalue weighted by molar-refractivity contribution is 5.93. The molecule has 5 nitrogen and oxygen atoms in total. The molecular formula is C14H16N4O. The van der Waals surface area contributed by atoms with E-state index in [0.29, 0.717) is 17.3 Å². The summed E-state index contributed by atoms with van der Waals surface area (Å²) >= 11 is 0. The van der Waals surface area contributed by atoms with E-state index in [2.05, 4.69) is 9.97 Å². The number of ether oxygens (including phenoxy) is 1. The van der Waals surface area contributed by atoms with Crippen molar-refractivity contribution in [2.24, 2.45) is 5.73 Å². The van der Waals surface area contributed by atoms with Gasteiger partial charge in [0.2, 0.25) is 5.88 Å². The van der Waals surface area contributed by atoms with Crippen LogP contribution in [0.1, 0.15) is 24.0 Å². The second-order valence-electron chi connectivity index (χ2n) is 4.13. The van der Waals surface area contributed by atoms with Gasteiger partial charge in [-0.25, -0.2) is 4.98 Å². The molecule has 2 heterocycles. The maximum absolute atomic E-state index is 7.37. The lowest BCUT2D eigenvalue weighted by molar-refractivity contribution is 0.453. The molecule has 2 aromatic heterocycles. The van der Waals surface area contributed by atoms with Gasteiger partial charge in [-0.15, -0.1) is 0 Å². The molecule has 5 heteroatoms. The Morgan fingerprint density at radius 3 is 2.74 bits per heavy atom. The summed E-state index contributed by atoms with van der Waals surface area (Å²) in [7, 11) is 0. The van der Waals surface area contributed by atoms with Gasteiger partial charge >= 0.3 is 0 Å². The Labute approximate surface area is 112 Å². The summed E-state index contributed by atoms with van der Waals surface area (Å²) in [4.78, 5) is 8.59. The molecule has 0 spiro atoms. The van der Waals surface area contributed by atoms with E-state index in [1.165, 1.54) is 0 Å². The first-order valence-corrected chi connectivity index (χ1v) is 6.06. The molecule has 0 unspecified atom stereocenters. The van der Waals surface area contributed by atoms with E-state index in [1.807, 2.05) is 26.0 Å². The molecule has 0 aliphatic rings. The van der Waals surface area contributed by atoms with E-state index in [1.54, 1.807) is 18.2 Å². The molecule has 0 amide bonds. The Hall–Kier alpha value is -2.43. The number of pyridine rings is 2. The van der Waals surface area contributed by atoms with Crippen LogP contribution in [0.2, 0.25) is 0 Å². The summed E-state index contributed by atoms with van der Waals surface area (Å²) in [6.45, 7) is 3.96. The van der Waals surface area contributed by atoms with Crippen LogP contribution in [-0.4, -0.2) is 15.8 Å². The SMILES string of the molecule is CCc1nc(C)ccc1Oc1cccc(C(=N)N)n1. The van der Waals surface area contributed by atoms with Gasteiger partial charge in [0, 0.05) is 11.8 Å². The number of nitrogens with one attached hydrogen (secondary N) is 1. The summed E-state index contributed by atoms with van der Waals surface area (Å²) in [6.07, 6.45) is 0.781. The number of nitrogens with zero attached hydrogens (tertiary/aromatic N) is 2. The number of nitrogen functional groups attached to an aromatic ring is 1. The molecule has 0 saturated carbocycles. The second kappa shape index (κ2) is 5.48. The predicted molar refractivity (Wildman–Crippen MR) is 73.7 cm³/mol. The summed E-state index contributed by atoms with van der Waals surface area (Å²) in [5.41, 5.74) is 7.64. The van der Waals surface area contributed by atoms with Crippen molar-refractivity contribution in [3.63, 3.8) is 0 Å². The summed E-state index contributed by atoms with van der Waals surface area (Å²) in [5, 5.41) is 7.37. The van der Waals surface area contributed by atoms with Crippen LogP contribution >= 0.6 is 0 Å². The van der Waals surface area contributed by atoms with Crippen molar-refractivity contribution in [3.05, 3.63) is 47.4 Å². The molecule has 3 N–H and O–H groups in total. The van der Waals surface area contributed by atoms with Gasteiger partial charge in [-0.05, 0) is 31.5 Å². The number of nitrogens with two attached hydrogens (primary N) is 1. The van der Waals surface area contributed by atoms with Crippen molar-refractivity contribution in [1.82, 2.24) is 9.97 Å². The van der Waals surface area contributed by atoms with Crippen molar-refractivity contribution in [2.45, 2.75) is 20.3 Å². The van der Waals surface area contributed by atoms with E-state index in [-0.39, 0.29) is 5.84 Å². The Morgan fingerprint density at radius 1 is 1.26 bits per heavy atom. The molecule has 0 radical (unpaired) electrons. The van der Waals surface area contributed by atoms with Crippen LogP contribution in [0.25, 0.3) is 0 Å². The first-order chi connectivity index (χ1) is 9.10. The Kier molecular flexibility index (Phi) is 3.75. The zero-order valence-electron chi connectivity index (χ0n) is 11.0. The topological polar surface area (TPSA) is 84.9 Å². The lowest BCUT2D eigenvalue weighted by Gasteiger charge is -2.09. The fourth-order valence-electron chi connectivity index (χ4n) is 1.68. The van der Waals surface area contributed by atoms with Crippen molar-refractivity contribution in [1.29, 1.82) is 5.41 Å². The van der Waals surface area contributed by atoms with Crippen LogP contribution in [0.5, 0.6) is 11.6 Å². The minimum absolute atomic E-state index is 0.0804. The highest BCUT2D eigenvalue weighted by Gasteiger charge is 2.07. The standard InChI is InChI=1S/C14H16N4O/c1-3-10-12(8-7-9(2)17-10)19-13-6-4-5-11(18-13)14(15)16/h4-8H,3H2,1-2H3,(H3,15,16). The normalized spacial score (nSPS) is 10.2. The van der Waals surface area contributed by atoms with E-state index >= 15 is 0 Å².